The normalized spacial score (nSPS) is 15.8. The maximum Gasteiger partial charge on any atom is 0.130 e. The van der Waals surface area contributed by atoms with Crippen LogP contribution in [-0.2, 0) is 22.6 Å². The Bertz CT molecular complexity index is 421. The zero-order chi connectivity index (χ0) is 14.6. The van der Waals surface area contributed by atoms with Gasteiger partial charge in [-0.2, -0.15) is 0 Å². The number of hydrogen-bond donors (Lipinski definition) is 1. The Kier molecular flexibility index (Phi) is 5.24. The zero-order valence-corrected chi connectivity index (χ0v) is 13.1. The van der Waals surface area contributed by atoms with E-state index in [9.17, 15) is 0 Å². The zero-order valence-electron chi connectivity index (χ0n) is 13.1. The molecule has 1 saturated carbocycles. The molecule has 1 aliphatic carbocycles. The van der Waals surface area contributed by atoms with Crippen LogP contribution in [0.1, 0.15) is 50.2 Å². The van der Waals surface area contributed by atoms with Crippen LogP contribution in [0.15, 0.2) is 10.5 Å². The highest BCUT2D eigenvalue weighted by Gasteiger charge is 2.21. The van der Waals surface area contributed by atoms with Gasteiger partial charge >= 0.3 is 0 Å². The monoisotopic (exact) mass is 281 g/mol. The highest BCUT2D eigenvalue weighted by atomic mass is 16.5. The fourth-order valence-electron chi connectivity index (χ4n) is 1.97. The molecule has 2 rings (SSSR count). The minimum atomic E-state index is -0.127. The molecule has 0 aromatic carbocycles. The van der Waals surface area contributed by atoms with Gasteiger partial charge in [-0.15, -0.1) is 0 Å². The Morgan fingerprint density at radius 2 is 2.15 bits per heavy atom. The first kappa shape index (κ1) is 15.5. The molecule has 1 fully saturated rings. The summed E-state index contributed by atoms with van der Waals surface area (Å²) >= 11 is 0. The molecule has 1 aromatic rings. The molecule has 0 atom stereocenters. The molecule has 1 heterocycles. The van der Waals surface area contributed by atoms with Gasteiger partial charge in [-0.3, -0.25) is 0 Å². The lowest BCUT2D eigenvalue weighted by atomic mass is 10.1. The summed E-state index contributed by atoms with van der Waals surface area (Å²) in [5.41, 5.74) is 1.12. The minimum Gasteiger partial charge on any atom is -0.464 e. The van der Waals surface area contributed by atoms with E-state index in [0.29, 0.717) is 13.2 Å². The Morgan fingerprint density at radius 3 is 2.80 bits per heavy atom. The first-order valence-electron chi connectivity index (χ1n) is 7.44. The van der Waals surface area contributed by atoms with Gasteiger partial charge in [0.05, 0.1) is 5.60 Å². The molecular formula is C16H27NO3. The summed E-state index contributed by atoms with van der Waals surface area (Å²) < 4.78 is 16.8. The third-order valence-corrected chi connectivity index (χ3v) is 3.88. The summed E-state index contributed by atoms with van der Waals surface area (Å²) in [5.74, 6) is 1.90. The molecule has 1 N–H and O–H groups in total. The lowest BCUT2D eigenvalue weighted by Crippen LogP contribution is -2.24. The lowest BCUT2D eigenvalue weighted by molar-refractivity contribution is -0.0143. The van der Waals surface area contributed by atoms with Gasteiger partial charge in [-0.05, 0) is 46.1 Å². The first-order valence-corrected chi connectivity index (χ1v) is 7.44. The van der Waals surface area contributed by atoms with Crippen molar-refractivity contribution in [3.63, 3.8) is 0 Å². The summed E-state index contributed by atoms with van der Waals surface area (Å²) in [5, 5.41) is 3.50. The van der Waals surface area contributed by atoms with Crippen molar-refractivity contribution in [2.45, 2.75) is 64.8 Å². The molecule has 0 unspecified atom stereocenters. The van der Waals surface area contributed by atoms with Crippen LogP contribution >= 0.6 is 0 Å². The summed E-state index contributed by atoms with van der Waals surface area (Å²) in [6.07, 6.45) is 3.49. The summed E-state index contributed by atoms with van der Waals surface area (Å²) in [4.78, 5) is 0. The predicted molar refractivity (Wildman–Crippen MR) is 78.7 cm³/mol. The van der Waals surface area contributed by atoms with E-state index < -0.39 is 0 Å². The van der Waals surface area contributed by atoms with Crippen molar-refractivity contribution in [1.82, 2.24) is 5.32 Å². The van der Waals surface area contributed by atoms with Crippen LogP contribution in [0.4, 0.5) is 0 Å². The van der Waals surface area contributed by atoms with Crippen molar-refractivity contribution in [2.75, 3.05) is 13.7 Å². The fraction of sp³-hybridized carbons (Fsp3) is 0.750. The van der Waals surface area contributed by atoms with Crippen LogP contribution in [-0.4, -0.2) is 25.4 Å². The summed E-state index contributed by atoms with van der Waals surface area (Å²) in [6, 6.07) is 2.83. The highest BCUT2D eigenvalue weighted by molar-refractivity contribution is 5.20. The summed E-state index contributed by atoms with van der Waals surface area (Å²) in [7, 11) is 1.73. The molecule has 0 amide bonds. The maximum atomic E-state index is 5.73. The Morgan fingerprint density at radius 1 is 1.40 bits per heavy atom. The molecule has 0 radical (unpaired) electrons. The SMILES string of the molecule is COC(C)(C)CCOCc1cc(CNC2CC2)c(C)o1. The van der Waals surface area contributed by atoms with Crippen LogP contribution in [0.3, 0.4) is 0 Å². The van der Waals surface area contributed by atoms with E-state index in [4.69, 9.17) is 13.9 Å². The van der Waals surface area contributed by atoms with E-state index in [0.717, 1.165) is 30.5 Å². The molecule has 114 valence electrons. The second kappa shape index (κ2) is 6.74. The number of nitrogens with one attached hydrogen (secondary N) is 1. The fourth-order valence-corrected chi connectivity index (χ4v) is 1.97. The molecule has 0 spiro atoms. The van der Waals surface area contributed by atoms with Crippen molar-refractivity contribution in [2.24, 2.45) is 0 Å². The van der Waals surface area contributed by atoms with E-state index in [2.05, 4.69) is 25.2 Å². The van der Waals surface area contributed by atoms with Gasteiger partial charge in [0, 0.05) is 31.9 Å². The molecule has 4 heteroatoms. The van der Waals surface area contributed by atoms with Crippen molar-refractivity contribution >= 4 is 0 Å². The smallest absolute Gasteiger partial charge is 0.130 e. The second-order valence-electron chi connectivity index (χ2n) is 6.22. The lowest BCUT2D eigenvalue weighted by Gasteiger charge is -2.22. The van der Waals surface area contributed by atoms with Gasteiger partial charge in [0.2, 0.25) is 0 Å². The molecule has 4 nitrogen and oxygen atoms in total. The number of ether oxygens (including phenoxy) is 2. The molecule has 1 aromatic heterocycles. The number of aryl methyl sites for hydroxylation is 1. The number of rotatable bonds is 9. The Labute approximate surface area is 121 Å². The highest BCUT2D eigenvalue weighted by Crippen LogP contribution is 2.21. The first-order chi connectivity index (χ1) is 9.50. The van der Waals surface area contributed by atoms with Gasteiger partial charge in [-0.1, -0.05) is 0 Å². The van der Waals surface area contributed by atoms with Crippen LogP contribution in [0, 0.1) is 6.92 Å². The van der Waals surface area contributed by atoms with Crippen LogP contribution < -0.4 is 5.32 Å². The van der Waals surface area contributed by atoms with Crippen molar-refractivity contribution in [3.8, 4) is 0 Å². The van der Waals surface area contributed by atoms with Gasteiger partial charge in [0.25, 0.3) is 0 Å². The third-order valence-electron chi connectivity index (χ3n) is 3.88. The molecule has 0 saturated heterocycles. The maximum absolute atomic E-state index is 5.73. The van der Waals surface area contributed by atoms with Crippen LogP contribution in [0.25, 0.3) is 0 Å². The van der Waals surface area contributed by atoms with E-state index >= 15 is 0 Å². The average molecular weight is 281 g/mol. The van der Waals surface area contributed by atoms with E-state index in [1.54, 1.807) is 7.11 Å². The van der Waals surface area contributed by atoms with Gasteiger partial charge in [0.15, 0.2) is 0 Å². The molecule has 0 bridgehead atoms. The largest absolute Gasteiger partial charge is 0.464 e. The molecule has 1 aliphatic rings. The van der Waals surface area contributed by atoms with Crippen molar-refractivity contribution < 1.29 is 13.9 Å². The Hall–Kier alpha value is -0.840. The van der Waals surface area contributed by atoms with Crippen molar-refractivity contribution in [1.29, 1.82) is 0 Å². The van der Waals surface area contributed by atoms with E-state index in [1.165, 1.54) is 18.4 Å². The predicted octanol–water partition coefficient (Wildman–Crippen LogP) is 3.17. The third kappa shape index (κ3) is 4.93. The van der Waals surface area contributed by atoms with Gasteiger partial charge < -0.3 is 19.2 Å². The van der Waals surface area contributed by atoms with Gasteiger partial charge in [-0.25, -0.2) is 0 Å². The molecule has 20 heavy (non-hydrogen) atoms. The number of methoxy groups -OCH3 is 1. The molecular weight excluding hydrogens is 254 g/mol. The number of furan rings is 1. The minimum absolute atomic E-state index is 0.127. The topological polar surface area (TPSA) is 43.6 Å². The van der Waals surface area contributed by atoms with Crippen LogP contribution in [0.5, 0.6) is 0 Å². The average Bonchev–Trinajstić information content (AvgIpc) is 3.17. The van der Waals surface area contributed by atoms with Gasteiger partial charge in [0.1, 0.15) is 18.1 Å². The summed E-state index contributed by atoms with van der Waals surface area (Å²) in [6.45, 7) is 8.25. The Balaban J connectivity index is 1.71. The van der Waals surface area contributed by atoms with Crippen LogP contribution in [0.2, 0.25) is 0 Å². The van der Waals surface area contributed by atoms with E-state index in [1.807, 2.05) is 6.92 Å². The standard InChI is InChI=1S/C16H27NO3/c1-12-13(10-17-14-5-6-14)9-15(20-12)11-19-8-7-16(2,3)18-4/h9,14,17H,5-8,10-11H2,1-4H3. The molecule has 0 aliphatic heterocycles. The second-order valence-corrected chi connectivity index (χ2v) is 6.22. The quantitative estimate of drug-likeness (QED) is 0.706. The van der Waals surface area contributed by atoms with Crippen molar-refractivity contribution in [3.05, 3.63) is 23.2 Å². The number of hydrogen-bond acceptors (Lipinski definition) is 4. The van der Waals surface area contributed by atoms with E-state index in [-0.39, 0.29) is 5.60 Å².